The fourth-order valence-corrected chi connectivity index (χ4v) is 3.09. The van der Waals surface area contributed by atoms with E-state index in [0.717, 1.165) is 0 Å². The van der Waals surface area contributed by atoms with Crippen molar-refractivity contribution in [3.05, 3.63) is 76.2 Å². The Labute approximate surface area is 173 Å². The van der Waals surface area contributed by atoms with Crippen LogP contribution in [0.4, 0.5) is 5.69 Å². The lowest BCUT2D eigenvalue weighted by Gasteiger charge is -2.08. The van der Waals surface area contributed by atoms with Crippen LogP contribution in [0.2, 0.25) is 0 Å². The normalized spacial score (nSPS) is 10.5. The van der Waals surface area contributed by atoms with E-state index in [9.17, 15) is 14.4 Å². The molecule has 0 aliphatic heterocycles. The predicted molar refractivity (Wildman–Crippen MR) is 112 cm³/mol. The summed E-state index contributed by atoms with van der Waals surface area (Å²) in [6, 6.07) is 16.2. The smallest absolute Gasteiger partial charge is 0.310 e. The van der Waals surface area contributed by atoms with Crippen molar-refractivity contribution in [2.45, 2.75) is 13.3 Å². The first-order valence-corrected chi connectivity index (χ1v) is 9.33. The number of hydrogen-bond donors (Lipinski definition) is 1. The number of hydrogen-bond acceptors (Lipinski definition) is 5. The summed E-state index contributed by atoms with van der Waals surface area (Å²) in [5.74, 6) is -0.587. The lowest BCUT2D eigenvalue weighted by molar-refractivity contribution is -0.146. The summed E-state index contributed by atoms with van der Waals surface area (Å²) in [4.78, 5) is 37.2. The van der Waals surface area contributed by atoms with Gasteiger partial charge in [0.2, 0.25) is 0 Å². The van der Waals surface area contributed by atoms with Crippen molar-refractivity contribution in [1.82, 2.24) is 9.36 Å². The number of aromatic nitrogens is 2. The minimum Gasteiger partial charge on any atom is -0.496 e. The van der Waals surface area contributed by atoms with Crippen LogP contribution in [0.3, 0.4) is 0 Å². The molecule has 0 atom stereocenters. The van der Waals surface area contributed by atoms with Crippen molar-refractivity contribution in [2.24, 2.45) is 7.05 Å². The Morgan fingerprint density at radius 2 is 1.70 bits per heavy atom. The Bertz CT molecular complexity index is 1120. The van der Waals surface area contributed by atoms with E-state index in [1.165, 1.54) is 11.8 Å². The van der Waals surface area contributed by atoms with E-state index < -0.39 is 18.5 Å². The van der Waals surface area contributed by atoms with E-state index in [4.69, 9.17) is 9.47 Å². The molecule has 0 spiro atoms. The highest BCUT2D eigenvalue weighted by atomic mass is 16.5. The molecule has 1 amide bonds. The molecule has 0 fully saturated rings. The van der Waals surface area contributed by atoms with Crippen molar-refractivity contribution < 1.29 is 19.1 Å². The molecule has 0 radical (unpaired) electrons. The number of methoxy groups -OCH3 is 1. The van der Waals surface area contributed by atoms with Gasteiger partial charge >= 0.3 is 5.97 Å². The predicted octanol–water partition coefficient (Wildman–Crippen LogP) is 2.22. The zero-order valence-electron chi connectivity index (χ0n) is 17.0. The molecule has 0 aliphatic carbocycles. The second-order valence-corrected chi connectivity index (χ2v) is 6.63. The average molecular weight is 409 g/mol. The van der Waals surface area contributed by atoms with Crippen molar-refractivity contribution in [3.63, 3.8) is 0 Å². The fourth-order valence-electron chi connectivity index (χ4n) is 3.09. The summed E-state index contributed by atoms with van der Waals surface area (Å²) in [6.45, 7) is 1.23. The number of carbonyl (C=O) groups is 2. The largest absolute Gasteiger partial charge is 0.496 e. The lowest BCUT2D eigenvalue weighted by atomic mass is 10.1. The van der Waals surface area contributed by atoms with Gasteiger partial charge in [-0.15, -0.1) is 0 Å². The van der Waals surface area contributed by atoms with E-state index in [0.29, 0.717) is 22.7 Å². The van der Waals surface area contributed by atoms with Gasteiger partial charge in [0.05, 0.1) is 24.9 Å². The Morgan fingerprint density at radius 3 is 2.40 bits per heavy atom. The second kappa shape index (κ2) is 9.13. The van der Waals surface area contributed by atoms with E-state index >= 15 is 0 Å². The molecule has 0 saturated carbocycles. The summed E-state index contributed by atoms with van der Waals surface area (Å²) >= 11 is 0. The molecule has 30 heavy (non-hydrogen) atoms. The number of amides is 1. The fraction of sp³-hybridized carbons (Fsp3) is 0.227. The van der Waals surface area contributed by atoms with Gasteiger partial charge in [0.15, 0.2) is 6.61 Å². The molecule has 1 N–H and O–H groups in total. The van der Waals surface area contributed by atoms with Crippen molar-refractivity contribution in [1.29, 1.82) is 0 Å². The Hall–Kier alpha value is -3.81. The Morgan fingerprint density at radius 1 is 1.03 bits per heavy atom. The van der Waals surface area contributed by atoms with Gasteiger partial charge in [-0.1, -0.05) is 36.4 Å². The first kappa shape index (κ1) is 20.9. The third-order valence-electron chi connectivity index (χ3n) is 4.71. The van der Waals surface area contributed by atoms with Crippen LogP contribution in [0.15, 0.2) is 59.4 Å². The molecular formula is C22H23N3O5. The van der Waals surface area contributed by atoms with Crippen LogP contribution in [-0.2, 0) is 27.8 Å². The second-order valence-electron chi connectivity index (χ2n) is 6.63. The number of nitrogens with zero attached hydrogens (tertiary/aromatic N) is 2. The number of rotatable bonds is 7. The van der Waals surface area contributed by atoms with Crippen LogP contribution in [0, 0.1) is 6.92 Å². The van der Waals surface area contributed by atoms with E-state index in [-0.39, 0.29) is 17.7 Å². The molecular weight excluding hydrogens is 386 g/mol. The highest BCUT2D eigenvalue weighted by molar-refractivity contribution is 5.93. The number of carbonyl (C=O) groups excluding carboxylic acids is 2. The average Bonchev–Trinajstić information content (AvgIpc) is 2.96. The topological polar surface area (TPSA) is 91.6 Å². The van der Waals surface area contributed by atoms with Crippen LogP contribution in [0.5, 0.6) is 5.75 Å². The minimum atomic E-state index is -0.589. The van der Waals surface area contributed by atoms with Gasteiger partial charge in [-0.05, 0) is 25.1 Å². The minimum absolute atomic E-state index is 0.0253. The molecule has 0 bridgehead atoms. The number of esters is 1. The van der Waals surface area contributed by atoms with Crippen molar-refractivity contribution >= 4 is 17.6 Å². The zero-order chi connectivity index (χ0) is 21.7. The number of para-hydroxylation sites is 2. The van der Waals surface area contributed by atoms with E-state index in [2.05, 4.69) is 5.32 Å². The van der Waals surface area contributed by atoms with Crippen LogP contribution < -0.4 is 15.6 Å². The SMILES string of the molecule is COc1ccccc1CC(=O)OCC(=O)Nc1c(C)n(C)n(-c2ccccc2)c1=O. The highest BCUT2D eigenvalue weighted by Crippen LogP contribution is 2.18. The molecule has 8 nitrogen and oxygen atoms in total. The van der Waals surface area contributed by atoms with Gasteiger partial charge in [-0.25, -0.2) is 4.68 Å². The molecule has 1 heterocycles. The Kier molecular flexibility index (Phi) is 6.36. The number of anilines is 1. The maximum Gasteiger partial charge on any atom is 0.310 e. The first-order valence-electron chi connectivity index (χ1n) is 9.33. The van der Waals surface area contributed by atoms with Crippen molar-refractivity contribution in [2.75, 3.05) is 19.0 Å². The lowest BCUT2D eigenvalue weighted by Crippen LogP contribution is -2.26. The zero-order valence-corrected chi connectivity index (χ0v) is 17.0. The molecule has 1 aromatic heterocycles. The van der Waals surface area contributed by atoms with Crippen molar-refractivity contribution in [3.8, 4) is 11.4 Å². The quantitative estimate of drug-likeness (QED) is 0.604. The van der Waals surface area contributed by atoms with Gasteiger partial charge in [0.1, 0.15) is 11.4 Å². The molecule has 0 unspecified atom stereocenters. The summed E-state index contributed by atoms with van der Waals surface area (Å²) in [5.41, 5.74) is 1.70. The summed E-state index contributed by atoms with van der Waals surface area (Å²) in [5, 5.41) is 2.56. The highest BCUT2D eigenvalue weighted by Gasteiger charge is 2.19. The van der Waals surface area contributed by atoms with Gasteiger partial charge in [-0.2, -0.15) is 0 Å². The maximum absolute atomic E-state index is 12.8. The molecule has 0 saturated heterocycles. The van der Waals surface area contributed by atoms with Gasteiger partial charge in [-0.3, -0.25) is 19.1 Å². The number of ether oxygens (including phenoxy) is 2. The molecule has 8 heteroatoms. The third-order valence-corrected chi connectivity index (χ3v) is 4.71. The maximum atomic E-state index is 12.8. The molecule has 3 rings (SSSR count). The summed E-state index contributed by atoms with van der Waals surface area (Å²) in [7, 11) is 3.24. The number of nitrogens with one attached hydrogen (secondary N) is 1. The van der Waals surface area contributed by atoms with Crippen LogP contribution in [-0.4, -0.2) is 35.0 Å². The number of benzene rings is 2. The van der Waals surface area contributed by atoms with Crippen LogP contribution >= 0.6 is 0 Å². The van der Waals surface area contributed by atoms with E-state index in [1.807, 2.05) is 18.2 Å². The Balaban J connectivity index is 1.66. The molecule has 3 aromatic rings. The summed E-state index contributed by atoms with van der Waals surface area (Å²) in [6.07, 6.45) is -0.0253. The van der Waals surface area contributed by atoms with Gasteiger partial charge < -0.3 is 14.8 Å². The van der Waals surface area contributed by atoms with E-state index in [1.54, 1.807) is 55.1 Å². The summed E-state index contributed by atoms with van der Waals surface area (Å²) < 4.78 is 13.4. The van der Waals surface area contributed by atoms with Crippen LogP contribution in [0.1, 0.15) is 11.3 Å². The third kappa shape index (κ3) is 4.43. The first-order chi connectivity index (χ1) is 14.4. The van der Waals surface area contributed by atoms with Gasteiger partial charge in [0, 0.05) is 12.6 Å². The molecule has 156 valence electrons. The monoisotopic (exact) mass is 409 g/mol. The van der Waals surface area contributed by atoms with Gasteiger partial charge in [0.25, 0.3) is 11.5 Å². The molecule has 0 aliphatic rings. The standard InChI is InChI=1S/C22H23N3O5/c1-15-21(22(28)25(24(15)2)17-10-5-4-6-11-17)23-19(26)14-30-20(27)13-16-9-7-8-12-18(16)29-3/h4-12H,13-14H2,1-3H3,(H,23,26). The van der Waals surface area contributed by atoms with Crippen LogP contribution in [0.25, 0.3) is 5.69 Å². The molecule has 2 aromatic carbocycles.